The fourth-order valence-electron chi connectivity index (χ4n) is 2.86. The number of carbonyl (C=O) groups excluding carboxylic acids is 1. The van der Waals surface area contributed by atoms with Gasteiger partial charge in [0.2, 0.25) is 0 Å². The molecule has 2 rings (SSSR count). The van der Waals surface area contributed by atoms with Crippen molar-refractivity contribution in [1.29, 1.82) is 0 Å². The Labute approximate surface area is 125 Å². The third-order valence-electron chi connectivity index (χ3n) is 3.91. The summed E-state index contributed by atoms with van der Waals surface area (Å²) in [5, 5.41) is 1.06. The molecule has 0 saturated heterocycles. The highest BCUT2D eigenvalue weighted by Gasteiger charge is 2.17. The van der Waals surface area contributed by atoms with Gasteiger partial charge >= 0.3 is 0 Å². The van der Waals surface area contributed by atoms with E-state index in [1.165, 1.54) is 38.5 Å². The number of Topliss-reactive ketones (excluding diaryl/α,β-unsaturated/α-hetero) is 1. The summed E-state index contributed by atoms with van der Waals surface area (Å²) in [6.07, 6.45) is 8.71. The smallest absolute Gasteiger partial charge is 0.137 e. The summed E-state index contributed by atoms with van der Waals surface area (Å²) in [6.45, 7) is 0. The van der Waals surface area contributed by atoms with Crippen molar-refractivity contribution >= 4 is 29.0 Å². The minimum atomic E-state index is 0.288. The van der Waals surface area contributed by atoms with Crippen molar-refractivity contribution in [2.45, 2.75) is 51.4 Å². The zero-order chi connectivity index (χ0) is 13.7. The molecule has 1 aromatic rings. The number of carbonyl (C=O) groups is 1. The molecule has 0 spiro atoms. The lowest BCUT2D eigenvalue weighted by Gasteiger charge is -2.13. The van der Waals surface area contributed by atoms with Gasteiger partial charge in [0.25, 0.3) is 0 Å². The predicted octanol–water partition coefficient (Wildman–Crippen LogP) is 5.47. The van der Waals surface area contributed by atoms with Crippen molar-refractivity contribution in [3.05, 3.63) is 33.8 Å². The van der Waals surface area contributed by atoms with E-state index in [9.17, 15) is 4.79 Å². The Bertz CT molecular complexity index is 434. The zero-order valence-electron chi connectivity index (χ0n) is 11.1. The number of halogens is 2. The second-order valence-electron chi connectivity index (χ2n) is 5.49. The normalized spacial score (nSPS) is 17.2. The highest BCUT2D eigenvalue weighted by atomic mass is 35.5. The molecular formula is C16H20Cl2O. The highest BCUT2D eigenvalue weighted by Crippen LogP contribution is 2.28. The molecule has 0 radical (unpaired) electrons. The van der Waals surface area contributed by atoms with Crippen molar-refractivity contribution in [2.24, 2.45) is 5.92 Å². The molecule has 0 aromatic heterocycles. The first-order valence-electron chi connectivity index (χ1n) is 7.11. The molecule has 1 aromatic carbocycles. The van der Waals surface area contributed by atoms with Crippen LogP contribution in [0.5, 0.6) is 0 Å². The Balaban J connectivity index is 1.91. The Hall–Kier alpha value is -0.530. The molecule has 1 saturated carbocycles. The third-order valence-corrected chi connectivity index (χ3v) is 4.77. The number of rotatable bonds is 4. The van der Waals surface area contributed by atoms with Crippen LogP contribution in [0.1, 0.15) is 50.5 Å². The monoisotopic (exact) mass is 298 g/mol. The lowest BCUT2D eigenvalue weighted by Crippen LogP contribution is -2.10. The Morgan fingerprint density at radius 2 is 1.79 bits per heavy atom. The molecule has 1 aliphatic carbocycles. The zero-order valence-corrected chi connectivity index (χ0v) is 12.6. The SMILES string of the molecule is O=C(Cc1cccc(Cl)c1Cl)CC1CCCCCC1. The van der Waals surface area contributed by atoms with Crippen LogP contribution in [0, 0.1) is 5.92 Å². The van der Waals surface area contributed by atoms with Gasteiger partial charge in [-0.2, -0.15) is 0 Å². The minimum Gasteiger partial charge on any atom is -0.299 e. The van der Waals surface area contributed by atoms with Gasteiger partial charge in [0.05, 0.1) is 10.0 Å². The van der Waals surface area contributed by atoms with Crippen molar-refractivity contribution in [3.8, 4) is 0 Å². The van der Waals surface area contributed by atoms with E-state index in [0.717, 1.165) is 5.56 Å². The second kappa shape index (κ2) is 7.31. The van der Waals surface area contributed by atoms with Crippen LogP contribution in [0.15, 0.2) is 18.2 Å². The maximum Gasteiger partial charge on any atom is 0.137 e. The molecular weight excluding hydrogens is 279 g/mol. The molecule has 0 aliphatic heterocycles. The number of benzene rings is 1. The molecule has 104 valence electrons. The lowest BCUT2D eigenvalue weighted by molar-refractivity contribution is -0.119. The van der Waals surface area contributed by atoms with Gasteiger partial charge in [-0.25, -0.2) is 0 Å². The highest BCUT2D eigenvalue weighted by molar-refractivity contribution is 6.42. The van der Waals surface area contributed by atoms with E-state index in [0.29, 0.717) is 28.8 Å². The van der Waals surface area contributed by atoms with Gasteiger partial charge in [-0.05, 0) is 17.5 Å². The molecule has 0 unspecified atom stereocenters. The Kier molecular flexibility index (Phi) is 5.72. The number of hydrogen-bond acceptors (Lipinski definition) is 1. The molecule has 1 aliphatic rings. The Morgan fingerprint density at radius 1 is 1.11 bits per heavy atom. The van der Waals surface area contributed by atoms with Crippen LogP contribution in [0.3, 0.4) is 0 Å². The molecule has 0 heterocycles. The van der Waals surface area contributed by atoms with E-state index in [-0.39, 0.29) is 5.78 Å². The molecule has 0 N–H and O–H groups in total. The van der Waals surface area contributed by atoms with Crippen molar-refractivity contribution < 1.29 is 4.79 Å². The topological polar surface area (TPSA) is 17.1 Å². The van der Waals surface area contributed by atoms with Gasteiger partial charge in [0.1, 0.15) is 5.78 Å². The van der Waals surface area contributed by atoms with E-state index in [2.05, 4.69) is 0 Å². The van der Waals surface area contributed by atoms with Crippen molar-refractivity contribution in [2.75, 3.05) is 0 Å². The lowest BCUT2D eigenvalue weighted by atomic mass is 9.92. The summed E-state index contributed by atoms with van der Waals surface area (Å²) in [6, 6.07) is 5.49. The maximum atomic E-state index is 12.2. The summed E-state index contributed by atoms with van der Waals surface area (Å²) in [7, 11) is 0. The second-order valence-corrected chi connectivity index (χ2v) is 6.28. The van der Waals surface area contributed by atoms with Gasteiger partial charge in [-0.15, -0.1) is 0 Å². The predicted molar refractivity (Wildman–Crippen MR) is 81.0 cm³/mol. The number of ketones is 1. The van der Waals surface area contributed by atoms with Gasteiger partial charge in [0, 0.05) is 12.8 Å². The summed E-state index contributed by atoms with van der Waals surface area (Å²) >= 11 is 12.1. The van der Waals surface area contributed by atoms with E-state index in [4.69, 9.17) is 23.2 Å². The maximum absolute atomic E-state index is 12.2. The van der Waals surface area contributed by atoms with Crippen molar-refractivity contribution in [3.63, 3.8) is 0 Å². The average Bonchev–Trinajstić information content (AvgIpc) is 2.63. The van der Waals surface area contributed by atoms with Crippen LogP contribution < -0.4 is 0 Å². The first-order chi connectivity index (χ1) is 9.16. The van der Waals surface area contributed by atoms with Gasteiger partial charge in [0.15, 0.2) is 0 Å². The summed E-state index contributed by atoms with van der Waals surface area (Å²) in [5.74, 6) is 0.865. The molecule has 0 amide bonds. The quantitative estimate of drug-likeness (QED) is 0.674. The number of hydrogen-bond donors (Lipinski definition) is 0. The van der Waals surface area contributed by atoms with E-state index in [1.807, 2.05) is 12.1 Å². The summed E-state index contributed by atoms with van der Waals surface area (Å²) < 4.78 is 0. The molecule has 1 nitrogen and oxygen atoms in total. The molecule has 1 fully saturated rings. The van der Waals surface area contributed by atoms with Crippen LogP contribution in [-0.2, 0) is 11.2 Å². The first-order valence-corrected chi connectivity index (χ1v) is 7.87. The molecule has 0 atom stereocenters. The first kappa shape index (κ1) is 14.9. The van der Waals surface area contributed by atoms with Crippen molar-refractivity contribution in [1.82, 2.24) is 0 Å². The van der Waals surface area contributed by atoms with Gasteiger partial charge in [-0.1, -0.05) is 73.9 Å². The minimum absolute atomic E-state index is 0.288. The van der Waals surface area contributed by atoms with Gasteiger partial charge in [-0.3, -0.25) is 4.79 Å². The molecule has 3 heteroatoms. The third kappa shape index (κ3) is 4.50. The standard InChI is InChI=1S/C16H20Cl2O/c17-15-9-5-8-13(16(15)18)11-14(19)10-12-6-3-1-2-4-7-12/h5,8-9,12H,1-4,6-7,10-11H2. The molecule has 19 heavy (non-hydrogen) atoms. The van der Waals surface area contributed by atoms with Crippen LogP contribution in [0.2, 0.25) is 10.0 Å². The van der Waals surface area contributed by atoms with Gasteiger partial charge < -0.3 is 0 Å². The van der Waals surface area contributed by atoms with Crippen LogP contribution >= 0.6 is 23.2 Å². The summed E-state index contributed by atoms with van der Waals surface area (Å²) in [4.78, 5) is 12.2. The van der Waals surface area contributed by atoms with E-state index < -0.39 is 0 Å². The van der Waals surface area contributed by atoms with E-state index in [1.54, 1.807) is 6.07 Å². The van der Waals surface area contributed by atoms with Crippen LogP contribution in [-0.4, -0.2) is 5.78 Å². The largest absolute Gasteiger partial charge is 0.299 e. The fourth-order valence-corrected chi connectivity index (χ4v) is 3.25. The average molecular weight is 299 g/mol. The molecule has 0 bridgehead atoms. The van der Waals surface area contributed by atoms with Crippen LogP contribution in [0.25, 0.3) is 0 Å². The Morgan fingerprint density at radius 3 is 2.47 bits per heavy atom. The summed E-state index contributed by atoms with van der Waals surface area (Å²) in [5.41, 5.74) is 0.854. The van der Waals surface area contributed by atoms with E-state index >= 15 is 0 Å². The fraction of sp³-hybridized carbons (Fsp3) is 0.562. The van der Waals surface area contributed by atoms with Crippen LogP contribution in [0.4, 0.5) is 0 Å².